The number of ether oxygens (including phenoxy) is 1. The third kappa shape index (κ3) is 8.30. The van der Waals surface area contributed by atoms with E-state index in [2.05, 4.69) is 29.5 Å². The summed E-state index contributed by atoms with van der Waals surface area (Å²) in [7, 11) is 1.72. The van der Waals surface area contributed by atoms with Crippen LogP contribution < -0.4 is 10.6 Å². The van der Waals surface area contributed by atoms with E-state index in [1.807, 2.05) is 0 Å². The summed E-state index contributed by atoms with van der Waals surface area (Å²) in [4.78, 5) is 4.13. The number of guanidine groups is 1. The van der Waals surface area contributed by atoms with Crippen LogP contribution in [-0.4, -0.2) is 32.8 Å². The first kappa shape index (κ1) is 17.4. The van der Waals surface area contributed by atoms with E-state index in [0.29, 0.717) is 31.6 Å². The van der Waals surface area contributed by atoms with Gasteiger partial charge < -0.3 is 15.4 Å². The minimum atomic E-state index is -0.222. The molecule has 4 nitrogen and oxygen atoms in total. The molecule has 0 unspecified atom stereocenters. The summed E-state index contributed by atoms with van der Waals surface area (Å²) in [6, 6.07) is 6.42. The highest BCUT2D eigenvalue weighted by atomic mass is 19.1. The van der Waals surface area contributed by atoms with E-state index < -0.39 is 0 Å². The average Bonchev–Trinajstić information content (AvgIpc) is 2.47. The highest BCUT2D eigenvalue weighted by Crippen LogP contribution is 2.01. The van der Waals surface area contributed by atoms with Gasteiger partial charge in [0.25, 0.3) is 0 Å². The van der Waals surface area contributed by atoms with E-state index in [1.54, 1.807) is 19.2 Å². The predicted molar refractivity (Wildman–Crippen MR) is 84.9 cm³/mol. The van der Waals surface area contributed by atoms with Gasteiger partial charge in [0, 0.05) is 26.7 Å². The van der Waals surface area contributed by atoms with Crippen molar-refractivity contribution in [2.45, 2.75) is 26.8 Å². The van der Waals surface area contributed by atoms with Crippen molar-refractivity contribution >= 4 is 5.96 Å². The molecule has 0 aliphatic rings. The van der Waals surface area contributed by atoms with E-state index in [0.717, 1.165) is 18.6 Å². The molecule has 0 bridgehead atoms. The molecule has 0 radical (unpaired) electrons. The Morgan fingerprint density at radius 2 is 1.90 bits per heavy atom. The van der Waals surface area contributed by atoms with E-state index in [9.17, 15) is 4.39 Å². The molecule has 0 spiro atoms. The number of benzene rings is 1. The molecule has 1 aromatic rings. The minimum absolute atomic E-state index is 0.222. The summed E-state index contributed by atoms with van der Waals surface area (Å²) >= 11 is 0. The van der Waals surface area contributed by atoms with Gasteiger partial charge >= 0.3 is 0 Å². The second kappa shape index (κ2) is 10.2. The highest BCUT2D eigenvalue weighted by molar-refractivity contribution is 5.79. The molecule has 1 aromatic carbocycles. The molecule has 21 heavy (non-hydrogen) atoms. The summed E-state index contributed by atoms with van der Waals surface area (Å²) in [6.07, 6.45) is 1.08. The number of aliphatic imine (C=N–C) groups is 1. The van der Waals surface area contributed by atoms with Gasteiger partial charge in [0.1, 0.15) is 5.82 Å². The summed E-state index contributed by atoms with van der Waals surface area (Å²) in [5, 5.41) is 6.35. The first-order valence-corrected chi connectivity index (χ1v) is 7.38. The van der Waals surface area contributed by atoms with E-state index in [1.165, 1.54) is 12.1 Å². The fourth-order valence-corrected chi connectivity index (χ4v) is 1.67. The topological polar surface area (TPSA) is 45.7 Å². The van der Waals surface area contributed by atoms with Crippen LogP contribution in [0.15, 0.2) is 29.3 Å². The third-order valence-electron chi connectivity index (χ3n) is 2.98. The number of hydrogen-bond donors (Lipinski definition) is 2. The van der Waals surface area contributed by atoms with Crippen LogP contribution in [0.5, 0.6) is 0 Å². The van der Waals surface area contributed by atoms with E-state index in [4.69, 9.17) is 4.74 Å². The van der Waals surface area contributed by atoms with E-state index >= 15 is 0 Å². The second-order valence-corrected chi connectivity index (χ2v) is 5.27. The lowest BCUT2D eigenvalue weighted by Crippen LogP contribution is -2.38. The van der Waals surface area contributed by atoms with Crippen molar-refractivity contribution in [2.24, 2.45) is 10.9 Å². The quantitative estimate of drug-likeness (QED) is 0.440. The maximum Gasteiger partial charge on any atom is 0.191 e. The van der Waals surface area contributed by atoms with Crippen molar-refractivity contribution < 1.29 is 9.13 Å². The first-order chi connectivity index (χ1) is 10.1. The number of rotatable bonds is 8. The van der Waals surface area contributed by atoms with Crippen LogP contribution in [0.4, 0.5) is 4.39 Å². The van der Waals surface area contributed by atoms with Gasteiger partial charge in [-0.05, 0) is 30.0 Å². The van der Waals surface area contributed by atoms with Crippen molar-refractivity contribution in [2.75, 3.05) is 26.8 Å². The molecule has 0 heterocycles. The molecule has 0 saturated heterocycles. The van der Waals surface area contributed by atoms with Gasteiger partial charge in [-0.15, -0.1) is 0 Å². The number of nitrogens with one attached hydrogen (secondary N) is 2. The Balaban J connectivity index is 2.16. The maximum absolute atomic E-state index is 12.8. The van der Waals surface area contributed by atoms with Crippen molar-refractivity contribution in [3.63, 3.8) is 0 Å². The SMILES string of the molecule is CN=C(NCCOCCC(C)C)NCc1ccc(F)cc1. The van der Waals surface area contributed by atoms with Crippen LogP contribution >= 0.6 is 0 Å². The summed E-state index contributed by atoms with van der Waals surface area (Å²) in [6.45, 7) is 7.13. The zero-order valence-corrected chi connectivity index (χ0v) is 13.2. The molecule has 2 N–H and O–H groups in total. The van der Waals surface area contributed by atoms with Crippen LogP contribution in [-0.2, 0) is 11.3 Å². The Morgan fingerprint density at radius 3 is 2.52 bits per heavy atom. The lowest BCUT2D eigenvalue weighted by Gasteiger charge is -2.12. The Morgan fingerprint density at radius 1 is 1.19 bits per heavy atom. The number of nitrogens with zero attached hydrogens (tertiary/aromatic N) is 1. The Hall–Kier alpha value is -1.62. The molecule has 5 heteroatoms. The van der Waals surface area contributed by atoms with Crippen molar-refractivity contribution in [1.82, 2.24) is 10.6 Å². The molecule has 0 aliphatic heterocycles. The summed E-state index contributed by atoms with van der Waals surface area (Å²) in [5.41, 5.74) is 1.01. The van der Waals surface area contributed by atoms with Gasteiger partial charge in [0.15, 0.2) is 5.96 Å². The minimum Gasteiger partial charge on any atom is -0.380 e. The fourth-order valence-electron chi connectivity index (χ4n) is 1.67. The van der Waals surface area contributed by atoms with Crippen LogP contribution in [0, 0.1) is 11.7 Å². The molecule has 0 amide bonds. The lowest BCUT2D eigenvalue weighted by atomic mass is 10.1. The zero-order valence-electron chi connectivity index (χ0n) is 13.2. The smallest absolute Gasteiger partial charge is 0.191 e. The molecule has 0 atom stereocenters. The van der Waals surface area contributed by atoms with Crippen molar-refractivity contribution in [1.29, 1.82) is 0 Å². The highest BCUT2D eigenvalue weighted by Gasteiger charge is 1.99. The number of hydrogen-bond acceptors (Lipinski definition) is 2. The van der Waals surface area contributed by atoms with Gasteiger partial charge in [-0.3, -0.25) is 4.99 Å². The first-order valence-electron chi connectivity index (χ1n) is 7.38. The zero-order chi connectivity index (χ0) is 15.5. The molecule has 118 valence electrons. The summed E-state index contributed by atoms with van der Waals surface area (Å²) < 4.78 is 18.3. The average molecular weight is 295 g/mol. The molecule has 0 aliphatic carbocycles. The Labute approximate surface area is 126 Å². The van der Waals surface area contributed by atoms with Crippen LogP contribution in [0.25, 0.3) is 0 Å². The van der Waals surface area contributed by atoms with Gasteiger partial charge in [0.2, 0.25) is 0 Å². The molecule has 0 aromatic heterocycles. The van der Waals surface area contributed by atoms with Crippen LogP contribution in [0.1, 0.15) is 25.8 Å². The Bertz CT molecular complexity index is 418. The fraction of sp³-hybridized carbons (Fsp3) is 0.562. The number of halogens is 1. The van der Waals surface area contributed by atoms with Crippen LogP contribution in [0.2, 0.25) is 0 Å². The van der Waals surface area contributed by atoms with Gasteiger partial charge in [-0.2, -0.15) is 0 Å². The van der Waals surface area contributed by atoms with Gasteiger partial charge in [-0.1, -0.05) is 26.0 Å². The monoisotopic (exact) mass is 295 g/mol. The summed E-state index contributed by atoms with van der Waals surface area (Å²) in [5.74, 6) is 1.16. The third-order valence-corrected chi connectivity index (χ3v) is 2.98. The van der Waals surface area contributed by atoms with Crippen molar-refractivity contribution in [3.8, 4) is 0 Å². The molecular formula is C16H26FN3O. The van der Waals surface area contributed by atoms with Gasteiger partial charge in [-0.25, -0.2) is 4.39 Å². The standard InChI is InChI=1S/C16H26FN3O/c1-13(2)8-10-21-11-9-19-16(18-3)20-12-14-4-6-15(17)7-5-14/h4-7,13H,8-12H2,1-3H3,(H2,18,19,20). The normalized spacial score (nSPS) is 11.8. The van der Waals surface area contributed by atoms with Crippen molar-refractivity contribution in [3.05, 3.63) is 35.6 Å². The van der Waals surface area contributed by atoms with Crippen LogP contribution in [0.3, 0.4) is 0 Å². The molecule has 0 saturated carbocycles. The molecule has 1 rings (SSSR count). The van der Waals surface area contributed by atoms with E-state index in [-0.39, 0.29) is 5.82 Å². The van der Waals surface area contributed by atoms with Gasteiger partial charge in [0.05, 0.1) is 6.61 Å². The molecular weight excluding hydrogens is 269 g/mol. The second-order valence-electron chi connectivity index (χ2n) is 5.27. The predicted octanol–water partition coefficient (Wildman–Crippen LogP) is 2.55. The largest absolute Gasteiger partial charge is 0.380 e. The lowest BCUT2D eigenvalue weighted by molar-refractivity contribution is 0.128. The Kier molecular flexibility index (Phi) is 8.43. The maximum atomic E-state index is 12.8. The molecule has 0 fully saturated rings.